The second-order valence-electron chi connectivity index (χ2n) is 4.00. The van der Waals surface area contributed by atoms with Crippen molar-refractivity contribution in [1.29, 1.82) is 0 Å². The maximum Gasteiger partial charge on any atom is -0.0141 e. The molecule has 0 amide bonds. The van der Waals surface area contributed by atoms with E-state index in [1.54, 1.807) is 0 Å². The van der Waals surface area contributed by atoms with Gasteiger partial charge in [-0.1, -0.05) is 65.8 Å². The Hall–Kier alpha value is -1.56. The SMILES string of the molecule is C=CC/C(C)=C/C=C\C=C/C(C)=C/C/C=C\C. The second-order valence-corrected chi connectivity index (χ2v) is 4.00. The van der Waals surface area contributed by atoms with Crippen LogP contribution in [0.4, 0.5) is 0 Å². The summed E-state index contributed by atoms with van der Waals surface area (Å²) in [5.74, 6) is 0. The van der Waals surface area contributed by atoms with Crippen LogP contribution in [0, 0.1) is 0 Å². The molecule has 0 unspecified atom stereocenters. The molecule has 17 heavy (non-hydrogen) atoms. The van der Waals surface area contributed by atoms with Crippen molar-refractivity contribution in [2.24, 2.45) is 0 Å². The van der Waals surface area contributed by atoms with Gasteiger partial charge in [0.2, 0.25) is 0 Å². The molecule has 0 spiro atoms. The molecule has 0 saturated heterocycles. The number of hydrogen-bond acceptors (Lipinski definition) is 0. The summed E-state index contributed by atoms with van der Waals surface area (Å²) in [7, 11) is 0. The van der Waals surface area contributed by atoms with Crippen LogP contribution in [-0.2, 0) is 0 Å². The zero-order valence-corrected chi connectivity index (χ0v) is 11.3. The molecule has 0 saturated carbocycles. The van der Waals surface area contributed by atoms with E-state index in [0.717, 1.165) is 12.8 Å². The van der Waals surface area contributed by atoms with E-state index in [-0.39, 0.29) is 0 Å². The summed E-state index contributed by atoms with van der Waals surface area (Å²) in [6.45, 7) is 9.98. The molecule has 0 aliphatic heterocycles. The molecule has 0 bridgehead atoms. The Bertz CT molecular complexity index is 346. The zero-order valence-electron chi connectivity index (χ0n) is 11.3. The molecule has 0 fully saturated rings. The fourth-order valence-electron chi connectivity index (χ4n) is 1.25. The van der Waals surface area contributed by atoms with E-state index in [1.165, 1.54) is 11.1 Å². The van der Waals surface area contributed by atoms with E-state index in [1.807, 2.05) is 13.0 Å². The van der Waals surface area contributed by atoms with Gasteiger partial charge in [0.15, 0.2) is 0 Å². The van der Waals surface area contributed by atoms with Crippen LogP contribution < -0.4 is 0 Å². The van der Waals surface area contributed by atoms with Crippen molar-refractivity contribution in [3.8, 4) is 0 Å². The molecule has 0 aromatic carbocycles. The average Bonchev–Trinajstić information content (AvgIpc) is 2.29. The molecule has 0 radical (unpaired) electrons. The summed E-state index contributed by atoms with van der Waals surface area (Å²) in [4.78, 5) is 0. The Kier molecular flexibility index (Phi) is 9.94. The number of allylic oxidation sites excluding steroid dienone is 11. The van der Waals surface area contributed by atoms with Crippen LogP contribution in [0.2, 0.25) is 0 Å². The van der Waals surface area contributed by atoms with E-state index >= 15 is 0 Å². The first-order valence-electron chi connectivity index (χ1n) is 6.10. The van der Waals surface area contributed by atoms with Crippen LogP contribution in [0.25, 0.3) is 0 Å². The minimum atomic E-state index is 0.955. The normalized spacial score (nSPS) is 14.3. The highest BCUT2D eigenvalue weighted by Crippen LogP contribution is 2.01. The van der Waals surface area contributed by atoms with E-state index in [4.69, 9.17) is 0 Å². The summed E-state index contributed by atoms with van der Waals surface area (Å²) in [6, 6.07) is 0. The van der Waals surface area contributed by atoms with Gasteiger partial charge in [-0.3, -0.25) is 0 Å². The van der Waals surface area contributed by atoms with Crippen LogP contribution in [0.15, 0.2) is 72.4 Å². The van der Waals surface area contributed by atoms with Gasteiger partial charge < -0.3 is 0 Å². The van der Waals surface area contributed by atoms with Gasteiger partial charge in [-0.15, -0.1) is 6.58 Å². The first-order valence-corrected chi connectivity index (χ1v) is 6.10. The molecule has 0 rings (SSSR count). The fraction of sp³-hybridized carbons (Fsp3) is 0.294. The van der Waals surface area contributed by atoms with E-state index in [2.05, 4.69) is 69.0 Å². The van der Waals surface area contributed by atoms with Crippen molar-refractivity contribution in [3.63, 3.8) is 0 Å². The van der Waals surface area contributed by atoms with Gasteiger partial charge in [-0.25, -0.2) is 0 Å². The molecule has 0 aliphatic carbocycles. The molecule has 0 aromatic rings. The summed E-state index contributed by atoms with van der Waals surface area (Å²) >= 11 is 0. The van der Waals surface area contributed by atoms with Crippen molar-refractivity contribution >= 4 is 0 Å². The lowest BCUT2D eigenvalue weighted by Crippen LogP contribution is -1.69. The zero-order chi connectivity index (χ0) is 12.9. The second kappa shape index (κ2) is 10.9. The molecule has 0 aromatic heterocycles. The Morgan fingerprint density at radius 3 is 2.53 bits per heavy atom. The predicted octanol–water partition coefficient (Wildman–Crippen LogP) is 5.53. The smallest absolute Gasteiger partial charge is 0.0141 e. The van der Waals surface area contributed by atoms with Gasteiger partial charge in [0.1, 0.15) is 0 Å². The van der Waals surface area contributed by atoms with Crippen molar-refractivity contribution in [3.05, 3.63) is 72.4 Å². The first kappa shape index (κ1) is 15.4. The van der Waals surface area contributed by atoms with Crippen LogP contribution >= 0.6 is 0 Å². The van der Waals surface area contributed by atoms with E-state index in [9.17, 15) is 0 Å². The molecule has 0 heteroatoms. The Balaban J connectivity index is 4.09. The Labute approximate surface area is 106 Å². The van der Waals surface area contributed by atoms with Gasteiger partial charge in [-0.2, -0.15) is 0 Å². The highest BCUT2D eigenvalue weighted by molar-refractivity contribution is 5.23. The number of rotatable bonds is 7. The minimum Gasteiger partial charge on any atom is -0.103 e. The predicted molar refractivity (Wildman–Crippen MR) is 80.0 cm³/mol. The molecule has 0 aliphatic rings. The summed E-state index contributed by atoms with van der Waals surface area (Å²) in [6.07, 6.45) is 20.7. The molecule has 0 nitrogen and oxygen atoms in total. The van der Waals surface area contributed by atoms with Gasteiger partial charge >= 0.3 is 0 Å². The summed E-state index contributed by atoms with van der Waals surface area (Å²) in [5, 5.41) is 0. The van der Waals surface area contributed by atoms with Crippen LogP contribution in [0.1, 0.15) is 33.6 Å². The number of hydrogen-bond donors (Lipinski definition) is 0. The summed E-state index contributed by atoms with van der Waals surface area (Å²) < 4.78 is 0. The molecule has 0 N–H and O–H groups in total. The first-order chi connectivity index (χ1) is 8.20. The Morgan fingerprint density at radius 1 is 1.12 bits per heavy atom. The lowest BCUT2D eigenvalue weighted by molar-refractivity contribution is 1.22. The van der Waals surface area contributed by atoms with Crippen LogP contribution in [-0.4, -0.2) is 0 Å². The van der Waals surface area contributed by atoms with Gasteiger partial charge in [0, 0.05) is 0 Å². The third-order valence-corrected chi connectivity index (χ3v) is 2.24. The third kappa shape index (κ3) is 10.7. The third-order valence-electron chi connectivity index (χ3n) is 2.24. The van der Waals surface area contributed by atoms with Crippen LogP contribution in [0.3, 0.4) is 0 Å². The van der Waals surface area contributed by atoms with Gasteiger partial charge in [-0.05, 0) is 33.6 Å². The van der Waals surface area contributed by atoms with E-state index < -0.39 is 0 Å². The quantitative estimate of drug-likeness (QED) is 0.397. The minimum absolute atomic E-state index is 0.955. The summed E-state index contributed by atoms with van der Waals surface area (Å²) in [5.41, 5.74) is 2.62. The van der Waals surface area contributed by atoms with Crippen molar-refractivity contribution in [2.75, 3.05) is 0 Å². The highest BCUT2D eigenvalue weighted by atomic mass is 13.9. The Morgan fingerprint density at radius 2 is 1.88 bits per heavy atom. The largest absolute Gasteiger partial charge is 0.103 e. The lowest BCUT2D eigenvalue weighted by Gasteiger charge is -1.90. The van der Waals surface area contributed by atoms with Crippen LogP contribution in [0.5, 0.6) is 0 Å². The van der Waals surface area contributed by atoms with Crippen molar-refractivity contribution < 1.29 is 0 Å². The van der Waals surface area contributed by atoms with Gasteiger partial charge in [0.25, 0.3) is 0 Å². The maximum absolute atomic E-state index is 3.71. The van der Waals surface area contributed by atoms with Gasteiger partial charge in [0.05, 0.1) is 0 Å². The molecule has 92 valence electrons. The monoisotopic (exact) mass is 228 g/mol. The standard InChI is InChI=1S/C17H24/c1-5-7-9-13-17(4)15-11-8-10-14-16(3)12-6-2/h5-8,10-11,13-15H,2,9,12H2,1,3-4H3/b7-5-,10-8-,15-11-,16-14+,17-13+. The fourth-order valence-corrected chi connectivity index (χ4v) is 1.25. The maximum atomic E-state index is 3.71. The lowest BCUT2D eigenvalue weighted by atomic mass is 10.2. The highest BCUT2D eigenvalue weighted by Gasteiger charge is 1.80. The molecular weight excluding hydrogens is 204 g/mol. The average molecular weight is 228 g/mol. The molecule has 0 heterocycles. The van der Waals surface area contributed by atoms with E-state index in [0.29, 0.717) is 0 Å². The molecular formula is C17H24. The van der Waals surface area contributed by atoms with Crippen molar-refractivity contribution in [2.45, 2.75) is 33.6 Å². The topological polar surface area (TPSA) is 0 Å². The van der Waals surface area contributed by atoms with Crippen molar-refractivity contribution in [1.82, 2.24) is 0 Å². The molecule has 0 atom stereocenters.